The summed E-state index contributed by atoms with van der Waals surface area (Å²) in [4.78, 5) is 58.2. The molecule has 11 nitrogen and oxygen atoms in total. The Kier molecular flexibility index (Phi) is 17.5. The third-order valence-corrected chi connectivity index (χ3v) is 9.80. The molecular weight excluding hydrogens is 671 g/mol. The number of carbonyl (C=O) groups excluding carboxylic acids is 4. The number of nitrogens with one attached hydrogen (secondary N) is 3. The number of aliphatic hydroxyl groups is 1. The van der Waals surface area contributed by atoms with Crippen LogP contribution in [0, 0.1) is 11.3 Å². The first-order valence-electron chi connectivity index (χ1n) is 19.6. The second kappa shape index (κ2) is 21.2. The van der Waals surface area contributed by atoms with E-state index in [1.807, 2.05) is 50.2 Å². The maximum absolute atomic E-state index is 13.8. The number of aromatic nitrogens is 1. The van der Waals surface area contributed by atoms with Crippen LogP contribution < -0.4 is 16.0 Å². The number of amides is 3. The van der Waals surface area contributed by atoms with Crippen LogP contribution in [0.1, 0.15) is 142 Å². The third kappa shape index (κ3) is 13.9. The van der Waals surface area contributed by atoms with E-state index in [-0.39, 0.29) is 29.4 Å². The van der Waals surface area contributed by atoms with Crippen LogP contribution in [0.4, 0.5) is 0 Å². The molecule has 1 aromatic carbocycles. The molecule has 2 heterocycles. The predicted octanol–water partition coefficient (Wildman–Crippen LogP) is 6.52. The van der Waals surface area contributed by atoms with Crippen LogP contribution in [0.2, 0.25) is 0 Å². The number of nitrogens with zero attached hydrogens (tertiary/aromatic N) is 1. The summed E-state index contributed by atoms with van der Waals surface area (Å²) in [5.41, 5.74) is 2.60. The lowest BCUT2D eigenvalue weighted by Crippen LogP contribution is -2.61. The summed E-state index contributed by atoms with van der Waals surface area (Å²) in [6.45, 7) is 16.4. The van der Waals surface area contributed by atoms with E-state index in [0.29, 0.717) is 18.7 Å². The number of pyridine rings is 1. The first kappa shape index (κ1) is 43.6. The molecule has 1 unspecified atom stereocenters. The van der Waals surface area contributed by atoms with Gasteiger partial charge in [0.25, 0.3) is 11.9 Å². The fourth-order valence-corrected chi connectivity index (χ4v) is 6.60. The summed E-state index contributed by atoms with van der Waals surface area (Å²) in [5, 5.41) is 19.2. The Bertz CT molecular complexity index is 1490. The molecule has 292 valence electrons. The second-order valence-corrected chi connectivity index (χ2v) is 15.9. The van der Waals surface area contributed by atoms with Crippen LogP contribution in [-0.2, 0) is 23.7 Å². The van der Waals surface area contributed by atoms with Crippen molar-refractivity contribution in [2.75, 3.05) is 6.54 Å². The molecule has 1 fully saturated rings. The van der Waals surface area contributed by atoms with Gasteiger partial charge in [-0.3, -0.25) is 19.2 Å². The minimum absolute atomic E-state index is 0.0313. The molecule has 4 N–H and O–H groups in total. The quantitative estimate of drug-likeness (QED) is 0.0835. The minimum Gasteiger partial charge on any atom is -0.508 e. The van der Waals surface area contributed by atoms with Gasteiger partial charge in [0.1, 0.15) is 17.8 Å². The highest BCUT2D eigenvalue weighted by Gasteiger charge is 2.45. The number of carbonyl (C=O) groups is 4. The highest BCUT2D eigenvalue weighted by molar-refractivity contribution is 6.50. The lowest BCUT2D eigenvalue weighted by molar-refractivity contribution is -0.149. The second-order valence-electron chi connectivity index (χ2n) is 15.9. The van der Waals surface area contributed by atoms with E-state index in [1.54, 1.807) is 6.07 Å². The van der Waals surface area contributed by atoms with Gasteiger partial charge in [0, 0.05) is 12.1 Å². The molecule has 2 aromatic rings. The smallest absolute Gasteiger partial charge is 0.508 e. The largest absolute Gasteiger partial charge is 0.551 e. The van der Waals surface area contributed by atoms with Gasteiger partial charge in [-0.05, 0) is 55.1 Å². The Labute approximate surface area is 317 Å². The van der Waals surface area contributed by atoms with Gasteiger partial charge >= 0.3 is 7.12 Å². The number of hydrogen-bond donors (Lipinski definition) is 4. The zero-order chi connectivity index (χ0) is 39.1. The Hall–Kier alpha value is -3.77. The summed E-state index contributed by atoms with van der Waals surface area (Å²) in [6, 6.07) is 11.9. The van der Waals surface area contributed by atoms with Crippen molar-refractivity contribution in [3.8, 4) is 11.3 Å². The zero-order valence-corrected chi connectivity index (χ0v) is 33.2. The summed E-state index contributed by atoms with van der Waals surface area (Å²) in [5.74, 6) is -2.95. The van der Waals surface area contributed by atoms with Gasteiger partial charge in [-0.15, -0.1) is 0 Å². The van der Waals surface area contributed by atoms with Crippen LogP contribution >= 0.6 is 0 Å². The highest BCUT2D eigenvalue weighted by Crippen LogP contribution is 2.31. The van der Waals surface area contributed by atoms with Crippen molar-refractivity contribution in [3.63, 3.8) is 0 Å². The average molecular weight is 735 g/mol. The number of rotatable bonds is 21. The fourth-order valence-electron chi connectivity index (χ4n) is 6.60. The molecule has 0 saturated carbocycles. The highest BCUT2D eigenvalue weighted by atomic mass is 16.6. The molecule has 0 spiro atoms. The van der Waals surface area contributed by atoms with E-state index < -0.39 is 55.0 Å². The zero-order valence-electron chi connectivity index (χ0n) is 33.2. The Morgan fingerprint density at radius 2 is 1.64 bits per heavy atom. The van der Waals surface area contributed by atoms with Gasteiger partial charge < -0.3 is 30.4 Å². The molecule has 1 aromatic heterocycles. The fraction of sp³-hybridized carbons (Fsp3) is 0.634. The van der Waals surface area contributed by atoms with E-state index in [0.717, 1.165) is 62.5 Å². The summed E-state index contributed by atoms with van der Waals surface area (Å²) in [6.07, 6.45) is 6.32. The van der Waals surface area contributed by atoms with Crippen molar-refractivity contribution >= 4 is 30.8 Å². The lowest BCUT2D eigenvalue weighted by Gasteiger charge is -2.33. The summed E-state index contributed by atoms with van der Waals surface area (Å²) < 4.78 is 11.6. The van der Waals surface area contributed by atoms with Crippen LogP contribution in [0.15, 0.2) is 42.5 Å². The van der Waals surface area contributed by atoms with Gasteiger partial charge in [0.2, 0.25) is 11.8 Å². The van der Waals surface area contributed by atoms with Crippen molar-refractivity contribution in [2.45, 2.75) is 150 Å². The van der Waals surface area contributed by atoms with Gasteiger partial charge in [0.05, 0.1) is 24.2 Å². The molecule has 12 heteroatoms. The van der Waals surface area contributed by atoms with Gasteiger partial charge in [0.15, 0.2) is 0 Å². The van der Waals surface area contributed by atoms with E-state index in [9.17, 15) is 24.3 Å². The Balaban J connectivity index is 1.77. The standard InChI is InChI=1S/C41H63BN4O7/c1-9-11-14-18-28(5)31-21-22-32(44-37(31)30-19-15-13-16-20-30)38(49)46-36(29(6)47)40(51)45-34(24-27(3)4)42-52-33(25-35(48)53-42)39(50)43-26-41(7,8)23-17-12-10-2/h13,15-16,19-22,27-29,33-34,36,47H,9-12,14,17-18,23-26H2,1-8H3,(H,43,50)(H,45,51)(H,46,49)/t28?,29-,33-,34+,36+/m1/s1. The predicted molar refractivity (Wildman–Crippen MR) is 209 cm³/mol. The Morgan fingerprint density at radius 3 is 2.28 bits per heavy atom. The number of aliphatic hydroxyl groups excluding tert-OH is 1. The van der Waals surface area contributed by atoms with Crippen LogP contribution in [-0.4, -0.2) is 71.6 Å². The van der Waals surface area contributed by atoms with Gasteiger partial charge in [-0.2, -0.15) is 0 Å². The van der Waals surface area contributed by atoms with Crippen LogP contribution in [0.3, 0.4) is 0 Å². The summed E-state index contributed by atoms with van der Waals surface area (Å²) in [7, 11) is -1.25. The number of hydrogen-bond acceptors (Lipinski definition) is 8. The molecule has 5 atom stereocenters. The van der Waals surface area contributed by atoms with E-state index in [4.69, 9.17) is 14.3 Å². The maximum Gasteiger partial charge on any atom is 0.551 e. The normalized spacial score (nSPS) is 17.1. The maximum atomic E-state index is 13.8. The van der Waals surface area contributed by atoms with Crippen molar-refractivity contribution in [3.05, 3.63) is 53.7 Å². The first-order valence-corrected chi connectivity index (χ1v) is 19.6. The molecule has 3 amide bonds. The van der Waals surface area contributed by atoms with E-state index >= 15 is 0 Å². The SMILES string of the molecule is CCCCCC(C)c1ccc(C(=O)N[C@H](C(=O)N[C@@H](CC(C)C)B2OC(=O)C[C@H](C(=O)NCC(C)(C)CCCCC)O2)[C@@H](C)O)nc1-c1ccccc1. The molecule has 1 saturated heterocycles. The molecule has 53 heavy (non-hydrogen) atoms. The van der Waals surface area contributed by atoms with Crippen LogP contribution in [0.5, 0.6) is 0 Å². The van der Waals surface area contributed by atoms with Gasteiger partial charge in [-0.25, -0.2) is 4.98 Å². The Morgan fingerprint density at radius 1 is 0.962 bits per heavy atom. The lowest BCUT2D eigenvalue weighted by atomic mass is 9.72. The topological polar surface area (TPSA) is 156 Å². The number of unbranched alkanes of at least 4 members (excludes halogenated alkanes) is 4. The van der Waals surface area contributed by atoms with Crippen molar-refractivity contribution < 1.29 is 33.6 Å². The summed E-state index contributed by atoms with van der Waals surface area (Å²) >= 11 is 0. The molecular formula is C41H63BN4O7. The molecule has 1 aliphatic rings. The molecule has 1 aliphatic heterocycles. The molecule has 0 radical (unpaired) electrons. The van der Waals surface area contributed by atoms with Crippen LogP contribution in [0.25, 0.3) is 11.3 Å². The van der Waals surface area contributed by atoms with E-state index in [2.05, 4.69) is 50.6 Å². The molecule has 3 rings (SSSR count). The monoisotopic (exact) mass is 734 g/mol. The number of benzene rings is 1. The molecule has 0 aliphatic carbocycles. The third-order valence-electron chi connectivity index (χ3n) is 9.80. The first-order chi connectivity index (χ1) is 25.1. The van der Waals surface area contributed by atoms with Gasteiger partial charge in [-0.1, -0.05) is 123 Å². The van der Waals surface area contributed by atoms with Crippen molar-refractivity contribution in [2.24, 2.45) is 11.3 Å². The van der Waals surface area contributed by atoms with Crippen molar-refractivity contribution in [1.29, 1.82) is 0 Å². The van der Waals surface area contributed by atoms with Crippen molar-refractivity contribution in [1.82, 2.24) is 20.9 Å². The van der Waals surface area contributed by atoms with E-state index in [1.165, 1.54) is 6.92 Å². The molecule has 0 bridgehead atoms. The average Bonchev–Trinajstić information content (AvgIpc) is 3.12. The minimum atomic E-state index is -1.36.